The van der Waals surface area contributed by atoms with Crippen LogP contribution in [0.25, 0.3) is 0 Å². The Labute approximate surface area is 285 Å². The summed E-state index contributed by atoms with van der Waals surface area (Å²) >= 11 is 0. The molecular formula is C36H47NO12. The quantitative estimate of drug-likeness (QED) is 0.311. The van der Waals surface area contributed by atoms with Crippen molar-refractivity contribution in [3.63, 3.8) is 0 Å². The van der Waals surface area contributed by atoms with Crippen molar-refractivity contribution in [2.45, 2.75) is 117 Å². The van der Waals surface area contributed by atoms with Crippen molar-refractivity contribution in [2.24, 2.45) is 40.9 Å². The van der Waals surface area contributed by atoms with Gasteiger partial charge in [0.25, 0.3) is 0 Å². The van der Waals surface area contributed by atoms with Gasteiger partial charge in [-0.05, 0) is 55.1 Å². The minimum atomic E-state index is -2.43. The molecule has 0 amide bonds. The minimum absolute atomic E-state index is 0.00269. The molecule has 11 atom stereocenters. The number of aliphatic hydroxyl groups is 1. The van der Waals surface area contributed by atoms with Crippen LogP contribution >= 0.6 is 0 Å². The summed E-state index contributed by atoms with van der Waals surface area (Å²) in [6.45, 7) is 14.0. The number of carbonyl (C=O) groups is 6. The van der Waals surface area contributed by atoms with Gasteiger partial charge in [-0.1, -0.05) is 41.5 Å². The average molecular weight is 686 g/mol. The molecule has 13 heteroatoms. The number of ether oxygens (including phenoxy) is 5. The number of nitrogens with zero attached hydrogens (tertiary/aromatic N) is 1. The molecule has 0 unspecified atom stereocenters. The van der Waals surface area contributed by atoms with Gasteiger partial charge in [0.05, 0.1) is 23.3 Å². The highest BCUT2D eigenvalue weighted by molar-refractivity contribution is 5.98. The van der Waals surface area contributed by atoms with Crippen molar-refractivity contribution < 1.29 is 57.6 Å². The Kier molecular flexibility index (Phi) is 9.27. The molecule has 1 N–H and O–H groups in total. The van der Waals surface area contributed by atoms with Crippen molar-refractivity contribution in [2.75, 3.05) is 0 Å². The Bertz CT molecular complexity index is 1540. The summed E-state index contributed by atoms with van der Waals surface area (Å²) in [4.78, 5) is 86.2. The number of hydrogen-bond acceptors (Lipinski definition) is 13. The molecule has 0 radical (unpaired) electrons. The second-order valence-corrected chi connectivity index (χ2v) is 15.2. The summed E-state index contributed by atoms with van der Waals surface area (Å²) in [6, 6.07) is 2.97. The predicted molar refractivity (Wildman–Crippen MR) is 169 cm³/mol. The lowest BCUT2D eigenvalue weighted by Gasteiger charge is -2.54. The largest absolute Gasteiger partial charge is 0.461 e. The first kappa shape index (κ1) is 36.4. The van der Waals surface area contributed by atoms with E-state index < -0.39 is 106 Å². The van der Waals surface area contributed by atoms with Gasteiger partial charge in [0, 0.05) is 32.7 Å². The van der Waals surface area contributed by atoms with Gasteiger partial charge >= 0.3 is 29.8 Å². The summed E-state index contributed by atoms with van der Waals surface area (Å²) in [5, 5.41) is 12.8. The molecule has 4 aliphatic rings. The topological polar surface area (TPSA) is 182 Å². The van der Waals surface area contributed by atoms with Gasteiger partial charge in [0.15, 0.2) is 17.3 Å². The number of aromatic nitrogens is 1. The van der Waals surface area contributed by atoms with Crippen LogP contribution in [0.2, 0.25) is 0 Å². The lowest BCUT2D eigenvalue weighted by molar-refractivity contribution is -0.258. The van der Waals surface area contributed by atoms with E-state index in [1.165, 1.54) is 38.4 Å². The molecule has 0 aliphatic heterocycles. The lowest BCUT2D eigenvalue weighted by atomic mass is 9.62. The number of hydrogen-bond donors (Lipinski definition) is 1. The molecule has 5 rings (SSSR count). The molecule has 0 spiro atoms. The number of carbonyl (C=O) groups excluding carboxylic acids is 6. The second kappa shape index (κ2) is 12.5. The maximum absolute atomic E-state index is 15.2. The highest BCUT2D eigenvalue weighted by Gasteiger charge is 2.85. The monoisotopic (exact) mass is 685 g/mol. The van der Waals surface area contributed by atoms with Gasteiger partial charge in [-0.3, -0.25) is 29.0 Å². The standard InChI is InChI=1S/C36H47NO12/c1-10-24(40)46-27-18(4)15-35(44)26(27)29(47-30(41)17(2)3)36(49-31(42)21-12-11-13-37-16-21)23(45-19(5)38)14-22-25(33(22,7)8)28(36)34(9,32(35)43)48-20(6)39/h11-13,16-18,22-23,25-29,44H,10,14-15H2,1-9H3/t18-,22-,23+,25-,26+,27-,28-,29+,34-,35+,36-/m0/s1. The normalized spacial score (nSPS) is 38.6. The van der Waals surface area contributed by atoms with Crippen LogP contribution < -0.4 is 0 Å². The van der Waals surface area contributed by atoms with E-state index in [0.29, 0.717) is 0 Å². The van der Waals surface area contributed by atoms with Crippen molar-refractivity contribution >= 4 is 35.6 Å². The molecule has 1 aromatic rings. The van der Waals surface area contributed by atoms with Crippen LogP contribution in [0.4, 0.5) is 0 Å². The Hall–Kier alpha value is -3.87. The molecule has 4 aliphatic carbocycles. The molecule has 0 bridgehead atoms. The van der Waals surface area contributed by atoms with Crippen LogP contribution in [0.15, 0.2) is 24.5 Å². The van der Waals surface area contributed by atoms with E-state index in [1.807, 2.05) is 13.8 Å². The second-order valence-electron chi connectivity index (χ2n) is 15.2. The van der Waals surface area contributed by atoms with Crippen molar-refractivity contribution in [3.8, 4) is 0 Å². The Morgan fingerprint density at radius 3 is 2.22 bits per heavy atom. The number of esters is 5. The van der Waals surface area contributed by atoms with E-state index in [4.69, 9.17) is 23.7 Å². The van der Waals surface area contributed by atoms with Crippen LogP contribution in [0.5, 0.6) is 0 Å². The highest BCUT2D eigenvalue weighted by Crippen LogP contribution is 2.74. The summed E-state index contributed by atoms with van der Waals surface area (Å²) in [6.07, 6.45) is -1.80. The molecular weight excluding hydrogens is 638 g/mol. The highest BCUT2D eigenvalue weighted by atomic mass is 16.6. The van der Waals surface area contributed by atoms with Gasteiger partial charge in [0.1, 0.15) is 17.8 Å². The van der Waals surface area contributed by atoms with E-state index >= 15 is 4.79 Å². The molecule has 1 aromatic heterocycles. The van der Waals surface area contributed by atoms with E-state index in [-0.39, 0.29) is 30.7 Å². The number of pyridine rings is 1. The fourth-order valence-electron chi connectivity index (χ4n) is 9.31. The predicted octanol–water partition coefficient (Wildman–Crippen LogP) is 3.38. The average Bonchev–Trinajstić information content (AvgIpc) is 3.46. The van der Waals surface area contributed by atoms with Gasteiger partial charge < -0.3 is 28.8 Å². The molecule has 13 nitrogen and oxygen atoms in total. The van der Waals surface area contributed by atoms with Gasteiger partial charge in [0.2, 0.25) is 5.78 Å². The van der Waals surface area contributed by atoms with Crippen LogP contribution in [-0.4, -0.2) is 80.8 Å². The number of Topliss-reactive ketones (excluding diaryl/α,β-unsaturated/α-hetero) is 1. The van der Waals surface area contributed by atoms with E-state index in [2.05, 4.69) is 4.98 Å². The van der Waals surface area contributed by atoms with Crippen LogP contribution in [0.3, 0.4) is 0 Å². The lowest BCUT2D eigenvalue weighted by Crippen LogP contribution is -2.71. The van der Waals surface area contributed by atoms with E-state index in [9.17, 15) is 29.1 Å². The molecule has 268 valence electrons. The van der Waals surface area contributed by atoms with Gasteiger partial charge in [-0.15, -0.1) is 0 Å². The van der Waals surface area contributed by atoms with Gasteiger partial charge in [-0.2, -0.15) is 0 Å². The first-order chi connectivity index (χ1) is 22.8. The first-order valence-electron chi connectivity index (χ1n) is 16.9. The SMILES string of the molecule is CCC(=O)O[C@@H]1[C@@H]2[C@@H](OC(=O)C(C)C)[C@@]3(OC(=O)c4cccnc4)[C@@H]([C@@H]4[C@H](C[C@H]3OC(C)=O)C4(C)C)[C@](C)(OC(C)=O)C(=O)[C@@]2(O)C[C@@H]1C. The molecule has 0 saturated heterocycles. The van der Waals surface area contributed by atoms with Crippen molar-refractivity contribution in [3.05, 3.63) is 30.1 Å². The van der Waals surface area contributed by atoms with Crippen molar-refractivity contribution in [1.29, 1.82) is 0 Å². The number of rotatable bonds is 8. The molecule has 4 fully saturated rings. The van der Waals surface area contributed by atoms with Crippen molar-refractivity contribution in [1.82, 2.24) is 4.98 Å². The zero-order chi connectivity index (χ0) is 36.4. The van der Waals surface area contributed by atoms with Crippen LogP contribution in [0, 0.1) is 40.9 Å². The summed E-state index contributed by atoms with van der Waals surface area (Å²) in [7, 11) is 0. The number of fused-ring (bicyclic) bond motifs is 4. The third-order valence-electron chi connectivity index (χ3n) is 11.4. The summed E-state index contributed by atoms with van der Waals surface area (Å²) < 4.78 is 30.9. The molecule has 1 heterocycles. The zero-order valence-corrected chi connectivity index (χ0v) is 29.5. The summed E-state index contributed by atoms with van der Waals surface area (Å²) in [5.41, 5.74) is -7.48. The minimum Gasteiger partial charge on any atom is -0.461 e. The third-order valence-corrected chi connectivity index (χ3v) is 11.4. The zero-order valence-electron chi connectivity index (χ0n) is 29.5. The maximum Gasteiger partial charge on any atom is 0.340 e. The third kappa shape index (κ3) is 5.71. The molecule has 4 saturated carbocycles. The Morgan fingerprint density at radius 1 is 1.00 bits per heavy atom. The maximum atomic E-state index is 15.2. The first-order valence-corrected chi connectivity index (χ1v) is 16.9. The Morgan fingerprint density at radius 2 is 1.67 bits per heavy atom. The fourth-order valence-corrected chi connectivity index (χ4v) is 9.31. The number of ketones is 1. The summed E-state index contributed by atoms with van der Waals surface area (Å²) in [5.74, 6) is -9.91. The smallest absolute Gasteiger partial charge is 0.340 e. The van der Waals surface area contributed by atoms with Crippen LogP contribution in [0.1, 0.15) is 91.9 Å². The van der Waals surface area contributed by atoms with Crippen LogP contribution in [-0.2, 0) is 47.7 Å². The van der Waals surface area contributed by atoms with E-state index in [0.717, 1.165) is 6.92 Å². The molecule has 49 heavy (non-hydrogen) atoms. The van der Waals surface area contributed by atoms with Gasteiger partial charge in [-0.25, -0.2) is 4.79 Å². The van der Waals surface area contributed by atoms with E-state index in [1.54, 1.807) is 27.7 Å². The molecule has 0 aromatic carbocycles. The Balaban J connectivity index is 1.93. The fraction of sp³-hybridized carbons (Fsp3) is 0.694.